The molecule has 126 valence electrons. The second-order valence-electron chi connectivity index (χ2n) is 6.07. The van der Waals surface area contributed by atoms with Gasteiger partial charge in [-0.15, -0.1) is 0 Å². The van der Waals surface area contributed by atoms with Crippen molar-refractivity contribution in [1.82, 2.24) is 10.2 Å². The number of ether oxygens (including phenoxy) is 1. The predicted octanol–water partition coefficient (Wildman–Crippen LogP) is 1.83. The Labute approximate surface area is 135 Å². The second kappa shape index (κ2) is 8.06. The van der Waals surface area contributed by atoms with Gasteiger partial charge in [0.15, 0.2) is 0 Å². The summed E-state index contributed by atoms with van der Waals surface area (Å²) in [4.78, 5) is 26.6. The molecule has 1 N–H and O–H groups in total. The maximum absolute atomic E-state index is 13.7. The highest BCUT2D eigenvalue weighted by atomic mass is 19.1. The molecule has 0 spiro atoms. The summed E-state index contributed by atoms with van der Waals surface area (Å²) >= 11 is 0. The maximum Gasteiger partial charge on any atom is 0.254 e. The Bertz CT molecular complexity index is 557. The number of carbonyl (C=O) groups excluding carboxylic acids is 2. The number of benzene rings is 1. The zero-order valence-corrected chi connectivity index (χ0v) is 13.5. The fraction of sp³-hybridized carbons (Fsp3) is 0.529. The number of amides is 2. The van der Waals surface area contributed by atoms with Crippen LogP contribution in [0.15, 0.2) is 24.3 Å². The third-order valence-corrected chi connectivity index (χ3v) is 3.75. The van der Waals surface area contributed by atoms with Gasteiger partial charge in [-0.2, -0.15) is 0 Å². The number of nitrogens with one attached hydrogen (secondary N) is 1. The first kappa shape index (κ1) is 17.4. The lowest BCUT2D eigenvalue weighted by Gasteiger charge is -2.31. The summed E-state index contributed by atoms with van der Waals surface area (Å²) in [6.07, 6.45) is 0.510. The van der Waals surface area contributed by atoms with Crippen molar-refractivity contribution in [2.24, 2.45) is 5.92 Å². The molecule has 5 nitrogen and oxygen atoms in total. The summed E-state index contributed by atoms with van der Waals surface area (Å²) in [6, 6.07) is 5.11. The normalized spacial score (nSPS) is 16.3. The van der Waals surface area contributed by atoms with Crippen molar-refractivity contribution in [3.8, 4) is 0 Å². The van der Waals surface area contributed by atoms with Crippen LogP contribution in [0.25, 0.3) is 0 Å². The van der Waals surface area contributed by atoms with Crippen molar-refractivity contribution in [2.75, 3.05) is 26.3 Å². The van der Waals surface area contributed by atoms with Gasteiger partial charge >= 0.3 is 0 Å². The first-order chi connectivity index (χ1) is 11.0. The summed E-state index contributed by atoms with van der Waals surface area (Å²) in [7, 11) is 0. The number of carbonyl (C=O) groups is 2. The monoisotopic (exact) mass is 322 g/mol. The molecule has 0 unspecified atom stereocenters. The van der Waals surface area contributed by atoms with Crippen molar-refractivity contribution in [1.29, 1.82) is 0 Å². The van der Waals surface area contributed by atoms with E-state index < -0.39 is 17.8 Å². The Morgan fingerprint density at radius 2 is 1.91 bits per heavy atom. The van der Waals surface area contributed by atoms with Gasteiger partial charge < -0.3 is 15.0 Å². The Morgan fingerprint density at radius 3 is 2.52 bits per heavy atom. The average Bonchev–Trinajstić information content (AvgIpc) is 2.54. The van der Waals surface area contributed by atoms with E-state index in [0.717, 1.165) is 0 Å². The van der Waals surface area contributed by atoms with Crippen LogP contribution in [0.5, 0.6) is 0 Å². The molecular formula is C17H23FN2O3. The molecule has 1 heterocycles. The van der Waals surface area contributed by atoms with Crippen molar-refractivity contribution in [3.05, 3.63) is 35.6 Å². The topological polar surface area (TPSA) is 58.6 Å². The second-order valence-corrected chi connectivity index (χ2v) is 6.07. The van der Waals surface area contributed by atoms with Crippen LogP contribution in [0.2, 0.25) is 0 Å². The van der Waals surface area contributed by atoms with Gasteiger partial charge in [-0.1, -0.05) is 26.0 Å². The zero-order valence-electron chi connectivity index (χ0n) is 13.5. The quantitative estimate of drug-likeness (QED) is 0.900. The van der Waals surface area contributed by atoms with Crippen LogP contribution >= 0.6 is 0 Å². The van der Waals surface area contributed by atoms with E-state index in [2.05, 4.69) is 5.32 Å². The first-order valence-corrected chi connectivity index (χ1v) is 7.91. The van der Waals surface area contributed by atoms with Gasteiger partial charge in [0.1, 0.15) is 11.9 Å². The van der Waals surface area contributed by atoms with Crippen LogP contribution in [0, 0.1) is 11.7 Å². The highest BCUT2D eigenvalue weighted by Crippen LogP contribution is 2.12. The predicted molar refractivity (Wildman–Crippen MR) is 84.5 cm³/mol. The molecule has 1 saturated heterocycles. The molecule has 2 rings (SSSR count). The lowest BCUT2D eigenvalue weighted by molar-refractivity contribution is -0.137. The fourth-order valence-electron chi connectivity index (χ4n) is 2.58. The number of hydrogen-bond acceptors (Lipinski definition) is 3. The summed E-state index contributed by atoms with van der Waals surface area (Å²) in [5, 5.41) is 2.69. The van der Waals surface area contributed by atoms with Crippen LogP contribution in [-0.2, 0) is 9.53 Å². The minimum absolute atomic E-state index is 0.0453. The lowest BCUT2D eigenvalue weighted by atomic mass is 10.0. The summed E-state index contributed by atoms with van der Waals surface area (Å²) < 4.78 is 19.0. The van der Waals surface area contributed by atoms with E-state index in [9.17, 15) is 14.0 Å². The Hall–Kier alpha value is -1.95. The SMILES string of the molecule is CC(C)C[C@H](NC(=O)c1ccccc1F)C(=O)N1CCOCC1. The third kappa shape index (κ3) is 4.76. The summed E-state index contributed by atoms with van der Waals surface area (Å²) in [5.74, 6) is -1.06. The van der Waals surface area contributed by atoms with Gasteiger partial charge in [-0.3, -0.25) is 9.59 Å². The zero-order chi connectivity index (χ0) is 16.8. The molecule has 1 atom stereocenters. The molecule has 0 radical (unpaired) electrons. The molecule has 6 heteroatoms. The van der Waals surface area contributed by atoms with Crippen LogP contribution in [0.3, 0.4) is 0 Å². The molecule has 0 bridgehead atoms. The fourth-order valence-corrected chi connectivity index (χ4v) is 2.58. The standard InChI is InChI=1S/C17H23FN2O3/c1-12(2)11-15(17(22)20-7-9-23-10-8-20)19-16(21)13-5-3-4-6-14(13)18/h3-6,12,15H,7-11H2,1-2H3,(H,19,21)/t15-/m0/s1. The van der Waals surface area contributed by atoms with Gasteiger partial charge in [0.2, 0.25) is 5.91 Å². The average molecular weight is 322 g/mol. The van der Waals surface area contributed by atoms with E-state index in [-0.39, 0.29) is 17.4 Å². The number of rotatable bonds is 5. The summed E-state index contributed by atoms with van der Waals surface area (Å²) in [6.45, 7) is 6.00. The van der Waals surface area contributed by atoms with E-state index in [0.29, 0.717) is 32.7 Å². The van der Waals surface area contributed by atoms with Gasteiger partial charge in [0.25, 0.3) is 5.91 Å². The lowest BCUT2D eigenvalue weighted by Crippen LogP contribution is -2.52. The third-order valence-electron chi connectivity index (χ3n) is 3.75. The molecule has 1 aliphatic heterocycles. The van der Waals surface area contributed by atoms with Gasteiger partial charge in [-0.05, 0) is 24.5 Å². The van der Waals surface area contributed by atoms with Crippen LogP contribution in [0.4, 0.5) is 4.39 Å². The number of nitrogens with zero attached hydrogens (tertiary/aromatic N) is 1. The minimum Gasteiger partial charge on any atom is -0.378 e. The van der Waals surface area contributed by atoms with Crippen molar-refractivity contribution < 1.29 is 18.7 Å². The molecule has 0 aliphatic carbocycles. The summed E-state index contributed by atoms with van der Waals surface area (Å²) in [5.41, 5.74) is -0.0453. The van der Waals surface area contributed by atoms with Crippen LogP contribution < -0.4 is 5.32 Å². The van der Waals surface area contributed by atoms with Crippen molar-refractivity contribution >= 4 is 11.8 Å². The van der Waals surface area contributed by atoms with E-state index >= 15 is 0 Å². The van der Waals surface area contributed by atoms with E-state index in [1.54, 1.807) is 11.0 Å². The smallest absolute Gasteiger partial charge is 0.254 e. The van der Waals surface area contributed by atoms with Crippen molar-refractivity contribution in [2.45, 2.75) is 26.3 Å². The largest absolute Gasteiger partial charge is 0.378 e. The Morgan fingerprint density at radius 1 is 1.26 bits per heavy atom. The molecule has 1 aromatic rings. The van der Waals surface area contributed by atoms with Crippen LogP contribution in [0.1, 0.15) is 30.6 Å². The molecule has 0 saturated carbocycles. The molecule has 23 heavy (non-hydrogen) atoms. The number of halogens is 1. The Kier molecular flexibility index (Phi) is 6.10. The highest BCUT2D eigenvalue weighted by Gasteiger charge is 2.28. The van der Waals surface area contributed by atoms with Gasteiger partial charge in [0.05, 0.1) is 18.8 Å². The molecule has 2 amide bonds. The number of hydrogen-bond donors (Lipinski definition) is 1. The molecular weight excluding hydrogens is 299 g/mol. The first-order valence-electron chi connectivity index (χ1n) is 7.91. The van der Waals surface area contributed by atoms with E-state index in [4.69, 9.17) is 4.74 Å². The molecule has 1 aliphatic rings. The van der Waals surface area contributed by atoms with Gasteiger partial charge in [-0.25, -0.2) is 4.39 Å². The molecule has 0 aromatic heterocycles. The van der Waals surface area contributed by atoms with E-state index in [1.165, 1.54) is 18.2 Å². The maximum atomic E-state index is 13.7. The van der Waals surface area contributed by atoms with Gasteiger partial charge in [0, 0.05) is 13.1 Å². The minimum atomic E-state index is -0.653. The Balaban J connectivity index is 2.10. The number of morpholine rings is 1. The van der Waals surface area contributed by atoms with Crippen LogP contribution in [-0.4, -0.2) is 49.1 Å². The van der Waals surface area contributed by atoms with Crippen molar-refractivity contribution in [3.63, 3.8) is 0 Å². The van der Waals surface area contributed by atoms with E-state index in [1.807, 2.05) is 13.8 Å². The molecule has 1 fully saturated rings. The molecule has 1 aromatic carbocycles. The highest BCUT2D eigenvalue weighted by molar-refractivity contribution is 5.97.